The minimum Gasteiger partial charge on any atom is -0.497 e. The predicted octanol–water partition coefficient (Wildman–Crippen LogP) is 4.97. The average molecular weight is 401 g/mol. The molecule has 0 saturated heterocycles. The van der Waals surface area contributed by atoms with Crippen LogP contribution in [0.15, 0.2) is 23.6 Å². The van der Waals surface area contributed by atoms with Crippen molar-refractivity contribution in [1.29, 1.82) is 0 Å². The van der Waals surface area contributed by atoms with Crippen molar-refractivity contribution >= 4 is 45.5 Å². The van der Waals surface area contributed by atoms with Gasteiger partial charge in [0.15, 0.2) is 0 Å². The molecular weight excluding hydrogens is 393 g/mol. The summed E-state index contributed by atoms with van der Waals surface area (Å²) in [5.74, 6) is -1.27. The van der Waals surface area contributed by atoms with Crippen molar-refractivity contribution < 1.29 is 13.5 Å². The Bertz CT molecular complexity index is 550. The third kappa shape index (κ3) is 2.78. The van der Waals surface area contributed by atoms with E-state index in [0.717, 1.165) is 15.0 Å². The van der Waals surface area contributed by atoms with Crippen LogP contribution in [0.25, 0.3) is 0 Å². The fourth-order valence-corrected chi connectivity index (χ4v) is 3.35. The molecule has 0 fully saturated rings. The first-order chi connectivity index (χ1) is 8.52. The van der Waals surface area contributed by atoms with Gasteiger partial charge in [0.25, 0.3) is 0 Å². The van der Waals surface area contributed by atoms with Crippen molar-refractivity contribution in [1.82, 2.24) is 0 Å². The zero-order chi connectivity index (χ0) is 13.3. The number of ether oxygens (including phenoxy) is 1. The van der Waals surface area contributed by atoms with E-state index in [1.54, 1.807) is 5.38 Å². The predicted molar refractivity (Wildman–Crippen MR) is 77.6 cm³/mol. The van der Waals surface area contributed by atoms with Gasteiger partial charge in [-0.1, -0.05) is 0 Å². The van der Waals surface area contributed by atoms with Crippen LogP contribution in [0.4, 0.5) is 8.78 Å². The smallest absolute Gasteiger partial charge is 0.134 e. The maximum Gasteiger partial charge on any atom is 0.134 e. The molecule has 96 valence electrons. The summed E-state index contributed by atoms with van der Waals surface area (Å²) < 4.78 is 33.5. The number of alkyl halides is 1. The van der Waals surface area contributed by atoms with E-state index in [1.165, 1.54) is 18.4 Å². The van der Waals surface area contributed by atoms with Crippen LogP contribution in [-0.4, -0.2) is 7.11 Å². The van der Waals surface area contributed by atoms with Crippen molar-refractivity contribution in [2.45, 2.75) is 5.38 Å². The summed E-state index contributed by atoms with van der Waals surface area (Å²) in [6, 6.07) is 4.07. The van der Waals surface area contributed by atoms with Gasteiger partial charge >= 0.3 is 0 Å². The molecule has 18 heavy (non-hydrogen) atoms. The van der Waals surface area contributed by atoms with Gasteiger partial charge in [0.2, 0.25) is 0 Å². The number of benzene rings is 1. The number of methoxy groups -OCH3 is 1. The van der Waals surface area contributed by atoms with Crippen molar-refractivity contribution in [2.75, 3.05) is 7.11 Å². The van der Waals surface area contributed by atoms with Crippen molar-refractivity contribution in [3.8, 4) is 5.75 Å². The summed E-state index contributed by atoms with van der Waals surface area (Å²) in [6.07, 6.45) is 0. The molecule has 1 unspecified atom stereocenters. The Morgan fingerprint density at radius 1 is 1.28 bits per heavy atom. The van der Waals surface area contributed by atoms with E-state index in [1.807, 2.05) is 6.07 Å². The highest BCUT2D eigenvalue weighted by molar-refractivity contribution is 14.1. The lowest BCUT2D eigenvalue weighted by molar-refractivity contribution is 0.405. The lowest BCUT2D eigenvalue weighted by Gasteiger charge is -2.12. The second-order valence-electron chi connectivity index (χ2n) is 3.55. The quantitative estimate of drug-likeness (QED) is 0.522. The molecule has 0 N–H and O–H groups in total. The summed E-state index contributed by atoms with van der Waals surface area (Å²) in [5.41, 5.74) is 0.542. The van der Waals surface area contributed by atoms with Gasteiger partial charge in [-0.3, -0.25) is 0 Å². The van der Waals surface area contributed by atoms with E-state index >= 15 is 0 Å². The van der Waals surface area contributed by atoms with Crippen LogP contribution in [0.3, 0.4) is 0 Å². The highest BCUT2D eigenvalue weighted by atomic mass is 127. The SMILES string of the molecule is COc1cc(F)c(C(Cl)c2csc(I)c2)c(F)c1. The minimum atomic E-state index is -0.837. The Kier molecular flexibility index (Phi) is 4.45. The molecule has 2 rings (SSSR count). The summed E-state index contributed by atoms with van der Waals surface area (Å²) in [5, 5.41) is 0.957. The summed E-state index contributed by atoms with van der Waals surface area (Å²) in [7, 11) is 1.35. The molecule has 0 aliphatic rings. The van der Waals surface area contributed by atoms with E-state index < -0.39 is 17.0 Å². The molecule has 1 heterocycles. The number of hydrogen-bond donors (Lipinski definition) is 0. The topological polar surface area (TPSA) is 9.23 Å². The second-order valence-corrected chi connectivity index (χ2v) is 6.79. The zero-order valence-electron chi connectivity index (χ0n) is 9.22. The van der Waals surface area contributed by atoms with Crippen molar-refractivity contribution in [3.05, 3.63) is 49.2 Å². The first kappa shape index (κ1) is 14.0. The molecule has 0 amide bonds. The van der Waals surface area contributed by atoms with Crippen LogP contribution in [0, 0.1) is 14.5 Å². The monoisotopic (exact) mass is 400 g/mol. The van der Waals surface area contributed by atoms with Crippen molar-refractivity contribution in [3.63, 3.8) is 0 Å². The summed E-state index contributed by atoms with van der Waals surface area (Å²) >= 11 is 9.75. The molecular formula is C12H8ClF2IOS. The second kappa shape index (κ2) is 5.71. The Labute approximate surface area is 126 Å². The van der Waals surface area contributed by atoms with E-state index in [-0.39, 0.29) is 11.3 Å². The van der Waals surface area contributed by atoms with Gasteiger partial charge in [0, 0.05) is 17.7 Å². The van der Waals surface area contributed by atoms with E-state index in [4.69, 9.17) is 16.3 Å². The Balaban J connectivity index is 2.44. The number of halogens is 4. The van der Waals surface area contributed by atoms with Gasteiger partial charge in [-0.05, 0) is 39.6 Å². The van der Waals surface area contributed by atoms with Crippen LogP contribution in [-0.2, 0) is 0 Å². The minimum absolute atomic E-state index is 0.137. The molecule has 0 radical (unpaired) electrons. The molecule has 1 aromatic carbocycles. The van der Waals surface area contributed by atoms with Gasteiger partial charge in [0.1, 0.15) is 17.4 Å². The van der Waals surface area contributed by atoms with Gasteiger partial charge in [-0.2, -0.15) is 0 Å². The van der Waals surface area contributed by atoms with Gasteiger partial charge in [0.05, 0.1) is 15.4 Å². The normalized spacial score (nSPS) is 12.5. The lowest BCUT2D eigenvalue weighted by Crippen LogP contribution is -2.01. The standard InChI is InChI=1S/C12H8ClF2IOS/c1-17-7-3-8(14)11(9(15)4-7)12(13)6-2-10(16)18-5-6/h2-5,12H,1H3. The summed E-state index contributed by atoms with van der Waals surface area (Å²) in [6.45, 7) is 0. The van der Waals surface area contributed by atoms with Gasteiger partial charge in [-0.15, -0.1) is 22.9 Å². The molecule has 0 bridgehead atoms. The molecule has 6 heteroatoms. The molecule has 1 aromatic heterocycles. The zero-order valence-corrected chi connectivity index (χ0v) is 12.9. The number of thiophene rings is 1. The fourth-order valence-electron chi connectivity index (χ4n) is 1.54. The molecule has 0 aliphatic carbocycles. The molecule has 0 aliphatic heterocycles. The first-order valence-corrected chi connectivity index (χ1v) is 7.33. The Hall–Kier alpha value is -0.400. The van der Waals surface area contributed by atoms with Gasteiger partial charge < -0.3 is 4.74 Å². The van der Waals surface area contributed by atoms with E-state index in [2.05, 4.69) is 22.6 Å². The van der Waals surface area contributed by atoms with E-state index in [9.17, 15) is 8.78 Å². The third-order valence-corrected chi connectivity index (χ3v) is 4.70. The molecule has 1 atom stereocenters. The highest BCUT2D eigenvalue weighted by Crippen LogP contribution is 2.36. The highest BCUT2D eigenvalue weighted by Gasteiger charge is 2.22. The number of hydrogen-bond acceptors (Lipinski definition) is 2. The lowest BCUT2D eigenvalue weighted by atomic mass is 10.1. The largest absolute Gasteiger partial charge is 0.497 e. The first-order valence-electron chi connectivity index (χ1n) is 4.94. The Morgan fingerprint density at radius 2 is 1.89 bits per heavy atom. The summed E-state index contributed by atoms with van der Waals surface area (Å²) in [4.78, 5) is 0. The molecule has 2 aromatic rings. The fraction of sp³-hybridized carbons (Fsp3) is 0.167. The van der Waals surface area contributed by atoms with Crippen LogP contribution < -0.4 is 4.74 Å². The van der Waals surface area contributed by atoms with Crippen LogP contribution in [0.1, 0.15) is 16.5 Å². The molecule has 0 spiro atoms. The maximum absolute atomic E-state index is 13.8. The van der Waals surface area contributed by atoms with Crippen molar-refractivity contribution in [2.24, 2.45) is 0 Å². The number of rotatable bonds is 3. The molecule has 1 nitrogen and oxygen atoms in total. The third-order valence-electron chi connectivity index (χ3n) is 2.42. The van der Waals surface area contributed by atoms with Crippen LogP contribution in [0.5, 0.6) is 5.75 Å². The van der Waals surface area contributed by atoms with E-state index in [0.29, 0.717) is 5.56 Å². The van der Waals surface area contributed by atoms with Crippen LogP contribution in [0.2, 0.25) is 0 Å². The average Bonchev–Trinajstić information content (AvgIpc) is 2.74. The van der Waals surface area contributed by atoms with Crippen LogP contribution >= 0.6 is 45.5 Å². The Morgan fingerprint density at radius 3 is 2.33 bits per heavy atom. The maximum atomic E-state index is 13.8. The van der Waals surface area contributed by atoms with Gasteiger partial charge in [-0.25, -0.2) is 8.78 Å². The molecule has 0 saturated carbocycles.